The summed E-state index contributed by atoms with van der Waals surface area (Å²) in [5.41, 5.74) is 5.21. The third-order valence-corrected chi connectivity index (χ3v) is 3.44. The lowest BCUT2D eigenvalue weighted by atomic mass is 10.5. The molecule has 0 fully saturated rings. The summed E-state index contributed by atoms with van der Waals surface area (Å²) in [5.74, 6) is 0.0147. The van der Waals surface area contributed by atoms with Crippen LogP contribution in [0.1, 0.15) is 13.3 Å². The largest absolute Gasteiger partial charge is 0.329 e. The van der Waals surface area contributed by atoms with Gasteiger partial charge in [0.2, 0.25) is 10.0 Å². The number of sulfonamides is 1. The molecule has 0 aromatic rings. The second-order valence-corrected chi connectivity index (χ2v) is 4.84. The monoisotopic (exact) mass is 206 g/mol. The lowest BCUT2D eigenvalue weighted by molar-refractivity contribution is 0.441. The fraction of sp³-hybridized carbons (Fsp3) is 0.750. The molecule has 0 atom stereocenters. The molecule has 0 aliphatic heterocycles. The maximum atomic E-state index is 11.5. The van der Waals surface area contributed by atoms with Crippen molar-refractivity contribution in [2.45, 2.75) is 13.3 Å². The van der Waals surface area contributed by atoms with E-state index in [4.69, 9.17) is 5.73 Å². The Balaban J connectivity index is 4.41. The first-order valence-corrected chi connectivity index (χ1v) is 5.98. The van der Waals surface area contributed by atoms with Gasteiger partial charge in [0.1, 0.15) is 0 Å². The molecule has 0 aromatic heterocycles. The molecule has 0 amide bonds. The van der Waals surface area contributed by atoms with Crippen molar-refractivity contribution in [3.63, 3.8) is 0 Å². The molecule has 0 heterocycles. The highest BCUT2D eigenvalue weighted by Crippen LogP contribution is 2.02. The Morgan fingerprint density at radius 1 is 1.54 bits per heavy atom. The van der Waals surface area contributed by atoms with E-state index < -0.39 is 10.0 Å². The van der Waals surface area contributed by atoms with E-state index in [1.165, 1.54) is 4.31 Å². The average Bonchev–Trinajstić information content (AvgIpc) is 2.04. The molecule has 0 saturated heterocycles. The Bertz CT molecular complexity index is 237. The Kier molecular flexibility index (Phi) is 5.94. The smallest absolute Gasteiger partial charge is 0.215 e. The zero-order valence-electron chi connectivity index (χ0n) is 8.07. The van der Waals surface area contributed by atoms with Crippen LogP contribution in [0.5, 0.6) is 0 Å². The third-order valence-electron chi connectivity index (χ3n) is 1.57. The summed E-state index contributed by atoms with van der Waals surface area (Å²) in [7, 11) is -3.16. The van der Waals surface area contributed by atoms with Gasteiger partial charge in [-0.3, -0.25) is 0 Å². The second-order valence-electron chi connectivity index (χ2n) is 2.75. The van der Waals surface area contributed by atoms with Gasteiger partial charge in [0.25, 0.3) is 0 Å². The van der Waals surface area contributed by atoms with E-state index in [9.17, 15) is 8.42 Å². The van der Waals surface area contributed by atoms with Crippen LogP contribution in [-0.4, -0.2) is 38.1 Å². The highest BCUT2D eigenvalue weighted by molar-refractivity contribution is 7.89. The Morgan fingerprint density at radius 2 is 2.15 bits per heavy atom. The second kappa shape index (κ2) is 6.12. The van der Waals surface area contributed by atoms with Crippen LogP contribution in [0, 0.1) is 0 Å². The van der Waals surface area contributed by atoms with Gasteiger partial charge in [-0.15, -0.1) is 6.58 Å². The molecular weight excluding hydrogens is 188 g/mol. The quantitative estimate of drug-likeness (QED) is 0.604. The Labute approximate surface area is 80.5 Å². The summed E-state index contributed by atoms with van der Waals surface area (Å²) >= 11 is 0. The fourth-order valence-corrected chi connectivity index (χ4v) is 2.36. The standard InChI is InChI=1S/C8H18N2O2S/c1-3-6-10(7-4-2)13(11,12)8-5-9/h3H,1,4-9H2,2H3. The predicted molar refractivity (Wildman–Crippen MR) is 54.9 cm³/mol. The number of hydrogen-bond acceptors (Lipinski definition) is 3. The molecule has 4 nitrogen and oxygen atoms in total. The van der Waals surface area contributed by atoms with Gasteiger partial charge in [-0.1, -0.05) is 13.0 Å². The van der Waals surface area contributed by atoms with Crippen molar-refractivity contribution < 1.29 is 8.42 Å². The highest BCUT2D eigenvalue weighted by Gasteiger charge is 2.18. The van der Waals surface area contributed by atoms with E-state index >= 15 is 0 Å². The minimum atomic E-state index is -3.16. The van der Waals surface area contributed by atoms with E-state index in [1.807, 2.05) is 6.92 Å². The molecular formula is C8H18N2O2S. The van der Waals surface area contributed by atoms with Crippen LogP contribution >= 0.6 is 0 Å². The van der Waals surface area contributed by atoms with Crippen LogP contribution in [0.2, 0.25) is 0 Å². The molecule has 0 unspecified atom stereocenters. The van der Waals surface area contributed by atoms with Gasteiger partial charge in [-0.05, 0) is 6.42 Å². The van der Waals surface area contributed by atoms with Crippen molar-refractivity contribution in [2.24, 2.45) is 5.73 Å². The molecule has 5 heteroatoms. The SMILES string of the molecule is C=CCN(CCC)S(=O)(=O)CCN. The van der Waals surface area contributed by atoms with Crippen molar-refractivity contribution in [3.8, 4) is 0 Å². The van der Waals surface area contributed by atoms with Crippen molar-refractivity contribution >= 4 is 10.0 Å². The van der Waals surface area contributed by atoms with E-state index in [2.05, 4.69) is 6.58 Å². The van der Waals surface area contributed by atoms with Crippen LogP contribution in [-0.2, 0) is 10.0 Å². The average molecular weight is 206 g/mol. The van der Waals surface area contributed by atoms with Crippen molar-refractivity contribution in [1.29, 1.82) is 0 Å². The lowest BCUT2D eigenvalue weighted by Gasteiger charge is -2.19. The van der Waals surface area contributed by atoms with E-state index in [-0.39, 0.29) is 12.3 Å². The first-order chi connectivity index (χ1) is 6.08. The number of rotatable bonds is 7. The van der Waals surface area contributed by atoms with Gasteiger partial charge < -0.3 is 5.73 Å². The van der Waals surface area contributed by atoms with Gasteiger partial charge in [0.15, 0.2) is 0 Å². The van der Waals surface area contributed by atoms with Crippen LogP contribution in [0.4, 0.5) is 0 Å². The van der Waals surface area contributed by atoms with Gasteiger partial charge in [-0.25, -0.2) is 8.42 Å². The number of nitrogens with two attached hydrogens (primary N) is 1. The van der Waals surface area contributed by atoms with Crippen molar-refractivity contribution in [3.05, 3.63) is 12.7 Å². The van der Waals surface area contributed by atoms with Gasteiger partial charge in [0.05, 0.1) is 5.75 Å². The van der Waals surface area contributed by atoms with E-state index in [0.29, 0.717) is 13.1 Å². The summed E-state index contributed by atoms with van der Waals surface area (Å²) in [6.45, 7) is 6.53. The van der Waals surface area contributed by atoms with Gasteiger partial charge in [-0.2, -0.15) is 4.31 Å². The topological polar surface area (TPSA) is 63.4 Å². The third kappa shape index (κ3) is 4.40. The van der Waals surface area contributed by atoms with Gasteiger partial charge in [0, 0.05) is 19.6 Å². The summed E-state index contributed by atoms with van der Waals surface area (Å²) in [6.07, 6.45) is 2.39. The highest BCUT2D eigenvalue weighted by atomic mass is 32.2. The number of nitrogens with zero attached hydrogens (tertiary/aromatic N) is 1. The summed E-state index contributed by atoms with van der Waals surface area (Å²) in [4.78, 5) is 0. The van der Waals surface area contributed by atoms with Crippen molar-refractivity contribution in [1.82, 2.24) is 4.31 Å². The molecule has 78 valence electrons. The Hall–Kier alpha value is -0.390. The first-order valence-electron chi connectivity index (χ1n) is 4.37. The maximum absolute atomic E-state index is 11.5. The summed E-state index contributed by atoms with van der Waals surface area (Å²) < 4.78 is 24.4. The zero-order valence-corrected chi connectivity index (χ0v) is 8.89. The molecule has 0 bridgehead atoms. The Morgan fingerprint density at radius 3 is 2.54 bits per heavy atom. The molecule has 0 radical (unpaired) electrons. The predicted octanol–water partition coefficient (Wildman–Crippen LogP) is 0.173. The molecule has 0 aromatic carbocycles. The maximum Gasteiger partial charge on any atom is 0.215 e. The van der Waals surface area contributed by atoms with E-state index in [0.717, 1.165) is 6.42 Å². The van der Waals surface area contributed by atoms with Crippen LogP contribution in [0.15, 0.2) is 12.7 Å². The summed E-state index contributed by atoms with van der Waals surface area (Å²) in [5, 5.41) is 0. The lowest BCUT2D eigenvalue weighted by Crippen LogP contribution is -2.35. The van der Waals surface area contributed by atoms with Crippen molar-refractivity contribution in [2.75, 3.05) is 25.4 Å². The van der Waals surface area contributed by atoms with Crippen LogP contribution < -0.4 is 5.73 Å². The normalized spacial score (nSPS) is 11.9. The number of hydrogen-bond donors (Lipinski definition) is 1. The first kappa shape index (κ1) is 12.6. The molecule has 2 N–H and O–H groups in total. The molecule has 0 spiro atoms. The molecule has 0 rings (SSSR count). The minimum absolute atomic E-state index is 0.0147. The molecule has 0 saturated carbocycles. The molecule has 0 aliphatic rings. The summed E-state index contributed by atoms with van der Waals surface area (Å²) in [6, 6.07) is 0. The van der Waals surface area contributed by atoms with Gasteiger partial charge >= 0.3 is 0 Å². The van der Waals surface area contributed by atoms with Crippen LogP contribution in [0.25, 0.3) is 0 Å². The zero-order chi connectivity index (χ0) is 10.3. The minimum Gasteiger partial charge on any atom is -0.329 e. The fourth-order valence-electron chi connectivity index (χ4n) is 1.02. The van der Waals surface area contributed by atoms with Crippen LogP contribution in [0.3, 0.4) is 0 Å². The molecule has 0 aliphatic carbocycles. The van der Waals surface area contributed by atoms with E-state index in [1.54, 1.807) is 6.08 Å². The molecule has 13 heavy (non-hydrogen) atoms.